The number of imide groups is 1. The first-order valence-corrected chi connectivity index (χ1v) is 10.6. The number of aromatic nitrogens is 2. The molecule has 1 saturated carbocycles. The number of ketones is 1. The standard InChI is InChI=1S/C24H20F2N4O3/c25-24(26)9-7-23(8-10-24)21(32)30(22(33)29-23)14-19(31)15-1-3-16(4-2-15)20-18-6-11-27-13-17(18)5-12-28-20/h1-6,11-13H,7-10,14H2,(H,29,33). The third-order valence-corrected chi connectivity index (χ3v) is 6.43. The highest BCUT2D eigenvalue weighted by Crippen LogP contribution is 2.41. The molecule has 2 aliphatic rings. The molecule has 2 aromatic heterocycles. The molecule has 3 heterocycles. The van der Waals surface area contributed by atoms with Gasteiger partial charge in [0.25, 0.3) is 5.91 Å². The molecule has 1 aliphatic heterocycles. The smallest absolute Gasteiger partial charge is 0.323 e. The van der Waals surface area contributed by atoms with Crippen LogP contribution in [-0.2, 0) is 4.79 Å². The Morgan fingerprint density at radius 2 is 1.73 bits per heavy atom. The topological polar surface area (TPSA) is 92.3 Å². The highest BCUT2D eigenvalue weighted by Gasteiger charge is 2.55. The zero-order chi connectivity index (χ0) is 23.2. The summed E-state index contributed by atoms with van der Waals surface area (Å²) in [5, 5.41) is 4.42. The largest absolute Gasteiger partial charge is 0.325 e. The van der Waals surface area contributed by atoms with Crippen molar-refractivity contribution in [1.29, 1.82) is 0 Å². The number of urea groups is 1. The number of hydrogen-bond donors (Lipinski definition) is 1. The monoisotopic (exact) mass is 450 g/mol. The third-order valence-electron chi connectivity index (χ3n) is 6.43. The van der Waals surface area contributed by atoms with E-state index in [1.807, 2.05) is 12.1 Å². The van der Waals surface area contributed by atoms with Crippen LogP contribution >= 0.6 is 0 Å². The van der Waals surface area contributed by atoms with Gasteiger partial charge in [0.1, 0.15) is 5.54 Å². The number of fused-ring (bicyclic) bond motifs is 1. The van der Waals surface area contributed by atoms with Crippen LogP contribution in [0, 0.1) is 0 Å². The van der Waals surface area contributed by atoms with Crippen molar-refractivity contribution in [3.05, 3.63) is 60.6 Å². The fourth-order valence-electron chi connectivity index (χ4n) is 4.50. The van der Waals surface area contributed by atoms with E-state index in [1.165, 1.54) is 0 Å². The van der Waals surface area contributed by atoms with E-state index in [9.17, 15) is 23.2 Å². The zero-order valence-electron chi connectivity index (χ0n) is 17.6. The molecule has 3 amide bonds. The zero-order valence-corrected chi connectivity index (χ0v) is 17.6. The Balaban J connectivity index is 1.32. The van der Waals surface area contributed by atoms with Gasteiger partial charge in [-0.05, 0) is 25.0 Å². The summed E-state index contributed by atoms with van der Waals surface area (Å²) in [4.78, 5) is 47.4. The molecular weight excluding hydrogens is 430 g/mol. The van der Waals surface area contributed by atoms with Crippen LogP contribution in [0.25, 0.3) is 22.0 Å². The minimum Gasteiger partial charge on any atom is -0.323 e. The Morgan fingerprint density at radius 1 is 1.00 bits per heavy atom. The number of alkyl halides is 2. The number of Topliss-reactive ketones (excluding diaryl/α,β-unsaturated/α-hetero) is 1. The maximum absolute atomic E-state index is 13.5. The van der Waals surface area contributed by atoms with E-state index in [0.29, 0.717) is 5.56 Å². The minimum atomic E-state index is -2.84. The molecule has 168 valence electrons. The van der Waals surface area contributed by atoms with Crippen molar-refractivity contribution < 1.29 is 23.2 Å². The molecule has 0 bridgehead atoms. The van der Waals surface area contributed by atoms with Crippen molar-refractivity contribution in [3.63, 3.8) is 0 Å². The first kappa shape index (κ1) is 21.1. The first-order chi connectivity index (χ1) is 15.8. The molecule has 33 heavy (non-hydrogen) atoms. The lowest BCUT2D eigenvalue weighted by Gasteiger charge is -2.34. The summed E-state index contributed by atoms with van der Waals surface area (Å²) >= 11 is 0. The summed E-state index contributed by atoms with van der Waals surface area (Å²) in [6, 6.07) is 9.76. The van der Waals surface area contributed by atoms with Crippen LogP contribution in [0.3, 0.4) is 0 Å². The molecule has 1 spiro atoms. The van der Waals surface area contributed by atoms with Gasteiger partial charge in [-0.25, -0.2) is 13.6 Å². The summed E-state index contributed by atoms with van der Waals surface area (Å²) in [5.41, 5.74) is 0.550. The van der Waals surface area contributed by atoms with Crippen LogP contribution in [0.5, 0.6) is 0 Å². The predicted molar refractivity (Wildman–Crippen MR) is 116 cm³/mol. The fraction of sp³-hybridized carbons (Fsp3) is 0.292. The number of amides is 3. The van der Waals surface area contributed by atoms with Crippen LogP contribution in [-0.4, -0.2) is 50.6 Å². The molecule has 0 atom stereocenters. The van der Waals surface area contributed by atoms with E-state index in [-0.39, 0.29) is 12.8 Å². The van der Waals surface area contributed by atoms with Crippen molar-refractivity contribution in [2.75, 3.05) is 6.54 Å². The van der Waals surface area contributed by atoms with Gasteiger partial charge in [-0.1, -0.05) is 24.3 Å². The molecule has 1 saturated heterocycles. The molecule has 1 N–H and O–H groups in total. The molecule has 1 aliphatic carbocycles. The van der Waals surface area contributed by atoms with Gasteiger partial charge < -0.3 is 5.32 Å². The Morgan fingerprint density at radius 3 is 2.45 bits per heavy atom. The number of rotatable bonds is 4. The normalized spacial score (nSPS) is 19.2. The van der Waals surface area contributed by atoms with Gasteiger partial charge in [0.2, 0.25) is 5.92 Å². The molecule has 3 aromatic rings. The predicted octanol–water partition coefficient (Wildman–Crippen LogP) is 3.98. The lowest BCUT2D eigenvalue weighted by atomic mass is 9.80. The summed E-state index contributed by atoms with van der Waals surface area (Å²) in [7, 11) is 0. The van der Waals surface area contributed by atoms with Crippen molar-refractivity contribution in [2.45, 2.75) is 37.1 Å². The lowest BCUT2D eigenvalue weighted by Crippen LogP contribution is -2.51. The molecular formula is C24H20F2N4O3. The second-order valence-corrected chi connectivity index (χ2v) is 8.52. The number of halogens is 2. The maximum atomic E-state index is 13.5. The van der Waals surface area contributed by atoms with Crippen LogP contribution in [0.4, 0.5) is 13.6 Å². The van der Waals surface area contributed by atoms with Crippen LogP contribution in [0.15, 0.2) is 55.0 Å². The van der Waals surface area contributed by atoms with E-state index in [4.69, 9.17) is 0 Å². The molecule has 9 heteroatoms. The van der Waals surface area contributed by atoms with E-state index in [2.05, 4.69) is 15.3 Å². The van der Waals surface area contributed by atoms with Crippen LogP contribution in [0.2, 0.25) is 0 Å². The second-order valence-electron chi connectivity index (χ2n) is 8.52. The van der Waals surface area contributed by atoms with Gasteiger partial charge in [-0.2, -0.15) is 0 Å². The van der Waals surface area contributed by atoms with Crippen molar-refractivity contribution in [3.8, 4) is 11.3 Å². The van der Waals surface area contributed by atoms with Gasteiger partial charge >= 0.3 is 6.03 Å². The number of nitrogens with one attached hydrogen (secondary N) is 1. The number of hydrogen-bond acceptors (Lipinski definition) is 5. The lowest BCUT2D eigenvalue weighted by molar-refractivity contribution is -0.135. The van der Waals surface area contributed by atoms with Gasteiger partial charge in [0.05, 0.1) is 12.2 Å². The summed E-state index contributed by atoms with van der Waals surface area (Å²) in [6.45, 7) is -0.444. The van der Waals surface area contributed by atoms with Crippen molar-refractivity contribution in [2.24, 2.45) is 0 Å². The molecule has 0 unspecified atom stereocenters. The average molecular weight is 450 g/mol. The van der Waals surface area contributed by atoms with E-state index in [1.54, 1.807) is 42.9 Å². The summed E-state index contributed by atoms with van der Waals surface area (Å²) in [5.74, 6) is -3.86. The molecule has 0 radical (unpaired) electrons. The third kappa shape index (κ3) is 3.73. The Hall–Kier alpha value is -3.75. The van der Waals surface area contributed by atoms with Gasteiger partial charge in [0.15, 0.2) is 5.78 Å². The molecule has 7 nitrogen and oxygen atoms in total. The SMILES string of the molecule is O=C(CN1C(=O)NC2(CCC(F)(F)CC2)C1=O)c1ccc(-c2nccc3cnccc23)cc1. The van der Waals surface area contributed by atoms with Gasteiger partial charge in [0, 0.05) is 53.3 Å². The minimum absolute atomic E-state index is 0.141. The van der Waals surface area contributed by atoms with E-state index < -0.39 is 48.6 Å². The first-order valence-electron chi connectivity index (χ1n) is 10.6. The van der Waals surface area contributed by atoms with Crippen molar-refractivity contribution >= 4 is 28.5 Å². The average Bonchev–Trinajstić information content (AvgIpc) is 3.05. The fourth-order valence-corrected chi connectivity index (χ4v) is 4.50. The van der Waals surface area contributed by atoms with Crippen LogP contribution < -0.4 is 5.32 Å². The Kier molecular flexibility index (Phi) is 4.92. The van der Waals surface area contributed by atoms with E-state index >= 15 is 0 Å². The van der Waals surface area contributed by atoms with Crippen LogP contribution in [0.1, 0.15) is 36.0 Å². The quantitative estimate of drug-likeness (QED) is 0.480. The maximum Gasteiger partial charge on any atom is 0.325 e. The number of nitrogens with zero attached hydrogens (tertiary/aromatic N) is 3. The number of pyridine rings is 2. The summed E-state index contributed by atoms with van der Waals surface area (Å²) < 4.78 is 27.1. The Bertz CT molecular complexity index is 1260. The number of carbonyl (C=O) groups is 3. The second kappa shape index (κ2) is 7.68. The van der Waals surface area contributed by atoms with E-state index in [0.717, 1.165) is 26.9 Å². The molecule has 5 rings (SSSR count). The highest BCUT2D eigenvalue weighted by molar-refractivity contribution is 6.11. The summed E-state index contributed by atoms with van der Waals surface area (Å²) in [6.07, 6.45) is 3.89. The molecule has 2 fully saturated rings. The highest BCUT2D eigenvalue weighted by atomic mass is 19.3. The van der Waals surface area contributed by atoms with Gasteiger partial charge in [-0.3, -0.25) is 24.5 Å². The van der Waals surface area contributed by atoms with Crippen molar-refractivity contribution in [1.82, 2.24) is 20.2 Å². The number of benzene rings is 1. The molecule has 1 aromatic carbocycles. The number of carbonyl (C=O) groups excluding carboxylic acids is 3. The Labute approximate surface area is 187 Å². The van der Waals surface area contributed by atoms with Gasteiger partial charge in [-0.15, -0.1) is 0 Å².